The standard InChI is InChI=1S/C19H26N4O2/c1-18(2,13-20)23-17(25)15-11-14(7-10-21-15)22-16(24)12-19(3)8-5-4-6-9-19/h7,10-11H,4-6,8-9,12H2,1-3H3,(H,23,25)(H,21,22,24). The molecule has 1 saturated carbocycles. The van der Waals surface area contributed by atoms with Crippen molar-refractivity contribution in [2.45, 2.75) is 64.8 Å². The lowest BCUT2D eigenvalue weighted by molar-refractivity contribution is -0.118. The average molecular weight is 342 g/mol. The Labute approximate surface area is 149 Å². The van der Waals surface area contributed by atoms with Crippen molar-refractivity contribution >= 4 is 17.5 Å². The molecule has 0 spiro atoms. The number of hydrogen-bond donors (Lipinski definition) is 2. The van der Waals surface area contributed by atoms with Crippen LogP contribution in [-0.2, 0) is 4.79 Å². The van der Waals surface area contributed by atoms with E-state index in [1.165, 1.54) is 31.5 Å². The highest BCUT2D eigenvalue weighted by Crippen LogP contribution is 2.38. The molecule has 134 valence electrons. The van der Waals surface area contributed by atoms with Crippen molar-refractivity contribution < 1.29 is 9.59 Å². The summed E-state index contributed by atoms with van der Waals surface area (Å²) in [5.74, 6) is -0.485. The van der Waals surface area contributed by atoms with Gasteiger partial charge in [-0.25, -0.2) is 0 Å². The highest BCUT2D eigenvalue weighted by Gasteiger charge is 2.29. The molecule has 2 amide bonds. The molecule has 2 rings (SSSR count). The van der Waals surface area contributed by atoms with Crippen LogP contribution in [0.5, 0.6) is 0 Å². The van der Waals surface area contributed by atoms with E-state index in [2.05, 4.69) is 22.5 Å². The number of hydrogen-bond acceptors (Lipinski definition) is 4. The molecule has 1 aliphatic rings. The Kier molecular flexibility index (Phi) is 5.78. The smallest absolute Gasteiger partial charge is 0.271 e. The number of carbonyl (C=O) groups excluding carboxylic acids is 2. The molecule has 0 radical (unpaired) electrons. The number of amides is 2. The largest absolute Gasteiger partial charge is 0.333 e. The Morgan fingerprint density at radius 2 is 2.00 bits per heavy atom. The predicted molar refractivity (Wildman–Crippen MR) is 95.8 cm³/mol. The van der Waals surface area contributed by atoms with Crippen LogP contribution in [0.3, 0.4) is 0 Å². The van der Waals surface area contributed by atoms with Crippen molar-refractivity contribution in [3.63, 3.8) is 0 Å². The van der Waals surface area contributed by atoms with Crippen molar-refractivity contribution in [3.8, 4) is 6.07 Å². The SMILES string of the molecule is CC1(CC(=O)Nc2ccnc(C(=O)NC(C)(C)C#N)c2)CCCCC1. The van der Waals surface area contributed by atoms with E-state index in [0.29, 0.717) is 12.1 Å². The van der Waals surface area contributed by atoms with E-state index >= 15 is 0 Å². The number of pyridine rings is 1. The Bertz CT molecular complexity index is 685. The minimum atomic E-state index is -0.979. The third-order valence-corrected chi connectivity index (χ3v) is 4.63. The van der Waals surface area contributed by atoms with Gasteiger partial charge in [0.2, 0.25) is 5.91 Å². The van der Waals surface area contributed by atoms with Gasteiger partial charge < -0.3 is 10.6 Å². The van der Waals surface area contributed by atoms with Gasteiger partial charge in [-0.05, 0) is 44.2 Å². The van der Waals surface area contributed by atoms with E-state index in [9.17, 15) is 9.59 Å². The van der Waals surface area contributed by atoms with Crippen molar-refractivity contribution in [2.75, 3.05) is 5.32 Å². The van der Waals surface area contributed by atoms with Crippen LogP contribution in [0.4, 0.5) is 5.69 Å². The summed E-state index contributed by atoms with van der Waals surface area (Å²) in [6.07, 6.45) is 7.72. The van der Waals surface area contributed by atoms with Gasteiger partial charge in [0, 0.05) is 18.3 Å². The molecule has 1 aromatic rings. The first-order valence-electron chi connectivity index (χ1n) is 8.73. The third-order valence-electron chi connectivity index (χ3n) is 4.63. The molecule has 6 heteroatoms. The van der Waals surface area contributed by atoms with Crippen molar-refractivity contribution in [1.82, 2.24) is 10.3 Å². The molecule has 0 bridgehead atoms. The highest BCUT2D eigenvalue weighted by atomic mass is 16.2. The summed E-state index contributed by atoms with van der Waals surface area (Å²) in [6.45, 7) is 5.39. The summed E-state index contributed by atoms with van der Waals surface area (Å²) in [5.41, 5.74) is -0.204. The van der Waals surface area contributed by atoms with Gasteiger partial charge in [0.15, 0.2) is 0 Å². The molecule has 0 aromatic carbocycles. The maximum Gasteiger partial charge on any atom is 0.271 e. The lowest BCUT2D eigenvalue weighted by Crippen LogP contribution is -2.42. The zero-order valence-corrected chi connectivity index (χ0v) is 15.2. The molecule has 0 atom stereocenters. The maximum atomic E-state index is 12.4. The average Bonchev–Trinajstić information content (AvgIpc) is 2.54. The van der Waals surface area contributed by atoms with Crippen LogP contribution in [0.2, 0.25) is 0 Å². The molecule has 0 unspecified atom stereocenters. The maximum absolute atomic E-state index is 12.4. The molecular weight excluding hydrogens is 316 g/mol. The minimum Gasteiger partial charge on any atom is -0.333 e. The molecule has 0 saturated heterocycles. The molecule has 1 fully saturated rings. The van der Waals surface area contributed by atoms with Crippen LogP contribution in [0.25, 0.3) is 0 Å². The van der Waals surface area contributed by atoms with E-state index in [1.54, 1.807) is 19.9 Å². The van der Waals surface area contributed by atoms with Crippen molar-refractivity contribution in [1.29, 1.82) is 5.26 Å². The van der Waals surface area contributed by atoms with E-state index in [0.717, 1.165) is 12.8 Å². The van der Waals surface area contributed by atoms with Gasteiger partial charge in [-0.3, -0.25) is 14.6 Å². The molecular formula is C19H26N4O2. The quantitative estimate of drug-likeness (QED) is 0.857. The van der Waals surface area contributed by atoms with E-state index in [-0.39, 0.29) is 17.0 Å². The van der Waals surface area contributed by atoms with Gasteiger partial charge >= 0.3 is 0 Å². The van der Waals surface area contributed by atoms with E-state index in [1.807, 2.05) is 6.07 Å². The Hall–Kier alpha value is -2.42. The summed E-state index contributed by atoms with van der Waals surface area (Å²) >= 11 is 0. The molecule has 6 nitrogen and oxygen atoms in total. The molecule has 0 aliphatic heterocycles. The lowest BCUT2D eigenvalue weighted by Gasteiger charge is -2.32. The van der Waals surface area contributed by atoms with Gasteiger partial charge in [-0.1, -0.05) is 26.2 Å². The second-order valence-electron chi connectivity index (χ2n) is 7.72. The first-order valence-corrected chi connectivity index (χ1v) is 8.73. The first kappa shape index (κ1) is 18.9. The summed E-state index contributed by atoms with van der Waals surface area (Å²) in [4.78, 5) is 28.6. The van der Waals surface area contributed by atoms with Crippen LogP contribution in [0.1, 0.15) is 69.8 Å². The number of rotatable bonds is 5. The number of aromatic nitrogens is 1. The van der Waals surface area contributed by atoms with Crippen LogP contribution in [-0.4, -0.2) is 22.3 Å². The second kappa shape index (κ2) is 7.64. The highest BCUT2D eigenvalue weighted by molar-refractivity contribution is 5.96. The number of nitriles is 1. The molecule has 2 N–H and O–H groups in total. The summed E-state index contributed by atoms with van der Waals surface area (Å²) in [6, 6.07) is 5.20. The Morgan fingerprint density at radius 1 is 1.32 bits per heavy atom. The van der Waals surface area contributed by atoms with Crippen molar-refractivity contribution in [3.05, 3.63) is 24.0 Å². The topological polar surface area (TPSA) is 94.9 Å². The fourth-order valence-electron chi connectivity index (χ4n) is 3.18. The predicted octanol–water partition coefficient (Wildman–Crippen LogP) is 3.41. The molecule has 1 aromatic heterocycles. The molecule has 1 aliphatic carbocycles. The zero-order valence-electron chi connectivity index (χ0n) is 15.2. The summed E-state index contributed by atoms with van der Waals surface area (Å²) in [5, 5.41) is 14.5. The van der Waals surface area contributed by atoms with Gasteiger partial charge in [0.25, 0.3) is 5.91 Å². The first-order chi connectivity index (χ1) is 11.7. The number of nitrogens with zero attached hydrogens (tertiary/aromatic N) is 2. The Balaban J connectivity index is 2.00. The third kappa shape index (κ3) is 5.56. The van der Waals surface area contributed by atoms with E-state index in [4.69, 9.17) is 5.26 Å². The number of anilines is 1. The van der Waals surface area contributed by atoms with Crippen LogP contribution in [0.15, 0.2) is 18.3 Å². The van der Waals surface area contributed by atoms with Crippen LogP contribution >= 0.6 is 0 Å². The second-order valence-corrected chi connectivity index (χ2v) is 7.72. The van der Waals surface area contributed by atoms with E-state index < -0.39 is 11.4 Å². The van der Waals surface area contributed by atoms with Gasteiger partial charge in [0.1, 0.15) is 11.2 Å². The van der Waals surface area contributed by atoms with Gasteiger partial charge in [-0.2, -0.15) is 5.26 Å². The molecule has 1 heterocycles. The van der Waals surface area contributed by atoms with Gasteiger partial charge in [-0.15, -0.1) is 0 Å². The minimum absolute atomic E-state index is 0.0423. The fourth-order valence-corrected chi connectivity index (χ4v) is 3.18. The number of carbonyl (C=O) groups is 2. The monoisotopic (exact) mass is 342 g/mol. The molecule has 25 heavy (non-hydrogen) atoms. The number of nitrogens with one attached hydrogen (secondary N) is 2. The van der Waals surface area contributed by atoms with Crippen molar-refractivity contribution in [2.24, 2.45) is 5.41 Å². The summed E-state index contributed by atoms with van der Waals surface area (Å²) in [7, 11) is 0. The Morgan fingerprint density at radius 3 is 2.64 bits per heavy atom. The van der Waals surface area contributed by atoms with Crippen LogP contribution < -0.4 is 10.6 Å². The normalized spacial score (nSPS) is 16.6. The zero-order chi connectivity index (χ0) is 18.5. The van der Waals surface area contributed by atoms with Gasteiger partial charge in [0.05, 0.1) is 6.07 Å². The fraction of sp³-hybridized carbons (Fsp3) is 0.579. The van der Waals surface area contributed by atoms with Crippen LogP contribution in [0, 0.1) is 16.7 Å². The summed E-state index contributed by atoms with van der Waals surface area (Å²) < 4.78 is 0. The lowest BCUT2D eigenvalue weighted by atomic mass is 9.73.